The van der Waals surface area contributed by atoms with Crippen molar-refractivity contribution < 1.29 is 4.79 Å². The van der Waals surface area contributed by atoms with E-state index in [1.54, 1.807) is 6.07 Å². The van der Waals surface area contributed by atoms with Gasteiger partial charge in [-0.1, -0.05) is 0 Å². The third kappa shape index (κ3) is 2.79. The van der Waals surface area contributed by atoms with Crippen LogP contribution in [-0.2, 0) is 0 Å². The lowest BCUT2D eigenvalue weighted by molar-refractivity contribution is 0.0635. The number of nitrogens with zero attached hydrogens (tertiary/aromatic N) is 2. The van der Waals surface area contributed by atoms with Crippen LogP contribution in [0, 0.1) is 0 Å². The highest BCUT2D eigenvalue weighted by Crippen LogP contribution is 2.15. The van der Waals surface area contributed by atoms with Crippen molar-refractivity contribution in [3.05, 3.63) is 34.2 Å². The predicted octanol–water partition coefficient (Wildman–Crippen LogP) is 0.541. The van der Waals surface area contributed by atoms with Crippen LogP contribution in [0.4, 0.5) is 0 Å². The van der Waals surface area contributed by atoms with Gasteiger partial charge in [0.25, 0.3) is 5.91 Å². The summed E-state index contributed by atoms with van der Waals surface area (Å²) < 4.78 is 0. The van der Waals surface area contributed by atoms with Crippen LogP contribution in [0.2, 0.25) is 0 Å². The molecule has 1 atom stereocenters. The Morgan fingerprint density at radius 2 is 2.28 bits per heavy atom. The smallest absolute Gasteiger partial charge is 0.254 e. The lowest BCUT2D eigenvalue weighted by Gasteiger charge is -2.36. The first-order valence-electron chi connectivity index (χ1n) is 6.22. The Hall–Kier alpha value is -1.62. The third-order valence-electron chi connectivity index (χ3n) is 3.44. The average Bonchev–Trinajstić information content (AvgIpc) is 2.38. The van der Waals surface area contributed by atoms with Crippen molar-refractivity contribution in [1.29, 1.82) is 0 Å². The molecule has 1 aliphatic heterocycles. The molecular weight excluding hydrogens is 230 g/mol. The molecule has 1 aromatic heterocycles. The molecule has 1 amide bonds. The zero-order valence-electron chi connectivity index (χ0n) is 10.8. The summed E-state index contributed by atoms with van der Waals surface area (Å²) in [5, 5.41) is 0. The third-order valence-corrected chi connectivity index (χ3v) is 3.44. The fourth-order valence-electron chi connectivity index (χ4n) is 2.32. The number of aromatic amines is 1. The summed E-state index contributed by atoms with van der Waals surface area (Å²) in [6, 6.07) is 3.43. The van der Waals surface area contributed by atoms with Gasteiger partial charge >= 0.3 is 0 Å². The number of likely N-dealkylation sites (tertiary alicyclic amines) is 1. The Balaban J connectivity index is 2.11. The maximum absolute atomic E-state index is 12.3. The number of piperidine rings is 1. The van der Waals surface area contributed by atoms with E-state index in [2.05, 4.69) is 9.88 Å². The molecular formula is C13H19N3O2. The Morgan fingerprint density at radius 1 is 1.50 bits per heavy atom. The van der Waals surface area contributed by atoms with E-state index in [4.69, 9.17) is 0 Å². The molecule has 2 heterocycles. The zero-order valence-corrected chi connectivity index (χ0v) is 10.8. The van der Waals surface area contributed by atoms with Crippen LogP contribution >= 0.6 is 0 Å². The maximum Gasteiger partial charge on any atom is 0.254 e. The number of hydrogen-bond acceptors (Lipinski definition) is 3. The molecule has 0 saturated carbocycles. The molecule has 18 heavy (non-hydrogen) atoms. The van der Waals surface area contributed by atoms with Crippen molar-refractivity contribution >= 4 is 5.91 Å². The van der Waals surface area contributed by atoms with Gasteiger partial charge in [0, 0.05) is 37.0 Å². The van der Waals surface area contributed by atoms with Crippen LogP contribution in [-0.4, -0.2) is 53.9 Å². The monoisotopic (exact) mass is 249 g/mol. The van der Waals surface area contributed by atoms with E-state index in [0.29, 0.717) is 11.6 Å². The number of pyridine rings is 1. The van der Waals surface area contributed by atoms with E-state index in [1.807, 2.05) is 19.0 Å². The van der Waals surface area contributed by atoms with Crippen molar-refractivity contribution in [3.63, 3.8) is 0 Å². The van der Waals surface area contributed by atoms with Crippen molar-refractivity contribution in [1.82, 2.24) is 14.8 Å². The highest BCUT2D eigenvalue weighted by molar-refractivity contribution is 5.94. The van der Waals surface area contributed by atoms with Crippen molar-refractivity contribution in [2.75, 3.05) is 27.2 Å². The molecule has 5 nitrogen and oxygen atoms in total. The predicted molar refractivity (Wildman–Crippen MR) is 69.7 cm³/mol. The molecule has 1 N–H and O–H groups in total. The Labute approximate surface area is 106 Å². The lowest BCUT2D eigenvalue weighted by Crippen LogP contribution is -2.47. The molecule has 0 aliphatic carbocycles. The molecule has 98 valence electrons. The highest BCUT2D eigenvalue weighted by atomic mass is 16.2. The van der Waals surface area contributed by atoms with Gasteiger partial charge in [-0.2, -0.15) is 0 Å². The molecule has 5 heteroatoms. The van der Waals surface area contributed by atoms with Crippen LogP contribution in [0.1, 0.15) is 23.2 Å². The van der Waals surface area contributed by atoms with Gasteiger partial charge in [0.15, 0.2) is 0 Å². The first-order chi connectivity index (χ1) is 8.58. The number of carbonyl (C=O) groups is 1. The second-order valence-corrected chi connectivity index (χ2v) is 4.95. The Bertz CT molecular complexity index is 481. The number of likely N-dealkylation sites (N-methyl/N-ethyl adjacent to an activating group) is 1. The molecule has 1 saturated heterocycles. The topological polar surface area (TPSA) is 56.4 Å². The number of rotatable bonds is 2. The van der Waals surface area contributed by atoms with Crippen molar-refractivity contribution in [3.8, 4) is 0 Å². The summed E-state index contributed by atoms with van der Waals surface area (Å²) in [4.78, 5) is 30.0. The number of H-pyrrole nitrogens is 1. The molecule has 0 aromatic carbocycles. The van der Waals surface area contributed by atoms with Crippen LogP contribution in [0.25, 0.3) is 0 Å². The van der Waals surface area contributed by atoms with Gasteiger partial charge in [0.05, 0.1) is 0 Å². The van der Waals surface area contributed by atoms with Crippen molar-refractivity contribution in [2.24, 2.45) is 0 Å². The normalized spacial score (nSPS) is 20.2. The molecule has 0 bridgehead atoms. The summed E-state index contributed by atoms with van der Waals surface area (Å²) in [6.45, 7) is 1.51. The van der Waals surface area contributed by atoms with Crippen LogP contribution in [0.3, 0.4) is 0 Å². The standard InChI is InChI=1S/C13H19N3O2/c1-15(2)11-4-3-7-16(9-11)13(18)10-5-6-14-12(17)8-10/h5-6,8,11H,3-4,7,9H2,1-2H3,(H,14,17). The Morgan fingerprint density at radius 3 is 2.94 bits per heavy atom. The number of amides is 1. The summed E-state index contributed by atoms with van der Waals surface area (Å²) in [5.41, 5.74) is 0.236. The minimum absolute atomic E-state index is 0.0485. The van der Waals surface area contributed by atoms with E-state index in [9.17, 15) is 9.59 Å². The van der Waals surface area contributed by atoms with Crippen LogP contribution in [0.5, 0.6) is 0 Å². The lowest BCUT2D eigenvalue weighted by atomic mass is 10.0. The van der Waals surface area contributed by atoms with E-state index in [1.165, 1.54) is 12.3 Å². The quantitative estimate of drug-likeness (QED) is 0.832. The first kappa shape index (κ1) is 12.8. The fourth-order valence-corrected chi connectivity index (χ4v) is 2.32. The van der Waals surface area contributed by atoms with Gasteiger partial charge in [-0.15, -0.1) is 0 Å². The summed E-state index contributed by atoms with van der Waals surface area (Å²) in [6.07, 6.45) is 3.65. The SMILES string of the molecule is CN(C)C1CCCN(C(=O)c2cc[nH]c(=O)c2)C1. The molecule has 0 spiro atoms. The van der Waals surface area contributed by atoms with Crippen LogP contribution in [0.15, 0.2) is 23.1 Å². The molecule has 1 aromatic rings. The van der Waals surface area contributed by atoms with E-state index < -0.39 is 0 Å². The average molecular weight is 249 g/mol. The number of aromatic nitrogens is 1. The van der Waals surface area contributed by atoms with E-state index in [0.717, 1.165) is 25.9 Å². The van der Waals surface area contributed by atoms with Gasteiger partial charge in [-0.25, -0.2) is 0 Å². The molecule has 1 unspecified atom stereocenters. The largest absolute Gasteiger partial charge is 0.337 e. The van der Waals surface area contributed by atoms with Gasteiger partial charge in [-0.3, -0.25) is 9.59 Å². The molecule has 0 radical (unpaired) electrons. The number of hydrogen-bond donors (Lipinski definition) is 1. The maximum atomic E-state index is 12.3. The fraction of sp³-hybridized carbons (Fsp3) is 0.538. The summed E-state index contributed by atoms with van der Waals surface area (Å²) in [7, 11) is 4.07. The Kier molecular flexibility index (Phi) is 3.81. The summed E-state index contributed by atoms with van der Waals surface area (Å²) in [5.74, 6) is -0.0485. The second-order valence-electron chi connectivity index (χ2n) is 4.95. The van der Waals surface area contributed by atoms with Gasteiger partial charge in [0.1, 0.15) is 0 Å². The van der Waals surface area contributed by atoms with E-state index >= 15 is 0 Å². The van der Waals surface area contributed by atoms with Crippen LogP contribution < -0.4 is 5.56 Å². The minimum Gasteiger partial charge on any atom is -0.337 e. The highest BCUT2D eigenvalue weighted by Gasteiger charge is 2.25. The number of nitrogens with one attached hydrogen (secondary N) is 1. The minimum atomic E-state index is -0.234. The van der Waals surface area contributed by atoms with E-state index in [-0.39, 0.29) is 11.5 Å². The number of carbonyl (C=O) groups excluding carboxylic acids is 1. The van der Waals surface area contributed by atoms with Crippen molar-refractivity contribution in [2.45, 2.75) is 18.9 Å². The molecule has 1 fully saturated rings. The van der Waals surface area contributed by atoms with Gasteiger partial charge in [-0.05, 0) is 33.0 Å². The molecule has 1 aliphatic rings. The second kappa shape index (κ2) is 5.35. The molecule has 2 rings (SSSR count). The first-order valence-corrected chi connectivity index (χ1v) is 6.22. The summed E-state index contributed by atoms with van der Waals surface area (Å²) >= 11 is 0. The van der Waals surface area contributed by atoms with Gasteiger partial charge in [0.2, 0.25) is 5.56 Å². The van der Waals surface area contributed by atoms with Gasteiger partial charge < -0.3 is 14.8 Å². The zero-order chi connectivity index (χ0) is 13.1.